The van der Waals surface area contributed by atoms with Crippen LogP contribution in [0.4, 0.5) is 11.4 Å². The summed E-state index contributed by atoms with van der Waals surface area (Å²) in [5, 5.41) is 0. The topological polar surface area (TPSA) is 55.6 Å². The lowest BCUT2D eigenvalue weighted by Crippen LogP contribution is -2.22. The van der Waals surface area contributed by atoms with Gasteiger partial charge in [0.05, 0.1) is 24.0 Å². The van der Waals surface area contributed by atoms with E-state index in [4.69, 9.17) is 10.5 Å². The number of esters is 1. The number of carbonyl (C=O) groups is 1. The molecule has 1 aromatic rings. The Labute approximate surface area is 109 Å². The Bertz CT molecular complexity index is 416. The number of anilines is 2. The lowest BCUT2D eigenvalue weighted by Gasteiger charge is -2.23. The smallest absolute Gasteiger partial charge is 0.340 e. The average molecular weight is 250 g/mol. The molecule has 4 nitrogen and oxygen atoms in total. The van der Waals surface area contributed by atoms with Gasteiger partial charge in [-0.15, -0.1) is 0 Å². The lowest BCUT2D eigenvalue weighted by atomic mass is 10.1. The summed E-state index contributed by atoms with van der Waals surface area (Å²) in [5.74, 6) is 0.240. The van der Waals surface area contributed by atoms with Crippen molar-refractivity contribution in [3.05, 3.63) is 23.8 Å². The van der Waals surface area contributed by atoms with E-state index in [-0.39, 0.29) is 0 Å². The summed E-state index contributed by atoms with van der Waals surface area (Å²) in [7, 11) is 3.34. The Balaban J connectivity index is 2.92. The van der Waals surface area contributed by atoms with Gasteiger partial charge in [0.2, 0.25) is 0 Å². The van der Waals surface area contributed by atoms with Crippen molar-refractivity contribution in [2.24, 2.45) is 5.92 Å². The molecule has 0 aliphatic heterocycles. The summed E-state index contributed by atoms with van der Waals surface area (Å²) < 4.78 is 4.71. The highest BCUT2D eigenvalue weighted by molar-refractivity contribution is 5.98. The fourth-order valence-corrected chi connectivity index (χ4v) is 1.75. The van der Waals surface area contributed by atoms with Gasteiger partial charge in [-0.2, -0.15) is 0 Å². The first-order valence-corrected chi connectivity index (χ1v) is 6.15. The average Bonchev–Trinajstić information content (AvgIpc) is 2.35. The van der Waals surface area contributed by atoms with Crippen molar-refractivity contribution in [1.29, 1.82) is 0 Å². The number of nitrogen functional groups attached to an aromatic ring is 1. The maximum Gasteiger partial charge on any atom is 0.340 e. The van der Waals surface area contributed by atoms with E-state index in [1.54, 1.807) is 6.07 Å². The molecule has 0 saturated heterocycles. The van der Waals surface area contributed by atoms with Crippen LogP contribution in [-0.4, -0.2) is 26.7 Å². The third kappa shape index (κ3) is 3.39. The van der Waals surface area contributed by atoms with Gasteiger partial charge in [0.1, 0.15) is 0 Å². The Morgan fingerprint density at radius 2 is 2.11 bits per heavy atom. The second kappa shape index (κ2) is 6.28. The van der Waals surface area contributed by atoms with Crippen LogP contribution in [-0.2, 0) is 4.74 Å². The van der Waals surface area contributed by atoms with Crippen LogP contribution >= 0.6 is 0 Å². The van der Waals surface area contributed by atoms with Crippen molar-refractivity contribution in [2.45, 2.75) is 20.3 Å². The van der Waals surface area contributed by atoms with Crippen molar-refractivity contribution in [2.75, 3.05) is 31.3 Å². The van der Waals surface area contributed by atoms with Crippen molar-refractivity contribution >= 4 is 17.3 Å². The summed E-state index contributed by atoms with van der Waals surface area (Å²) >= 11 is 0. The van der Waals surface area contributed by atoms with Gasteiger partial charge in [-0.1, -0.05) is 19.9 Å². The number of carbonyl (C=O) groups excluding carboxylic acids is 1. The number of benzene rings is 1. The van der Waals surface area contributed by atoms with Crippen LogP contribution in [0.3, 0.4) is 0 Å². The lowest BCUT2D eigenvalue weighted by molar-refractivity contribution is 0.0602. The predicted octanol–water partition coefficient (Wildman–Crippen LogP) is 2.54. The summed E-state index contributed by atoms with van der Waals surface area (Å²) in [6, 6.07) is 5.42. The number of methoxy groups -OCH3 is 1. The van der Waals surface area contributed by atoms with Gasteiger partial charge < -0.3 is 15.4 Å². The molecule has 18 heavy (non-hydrogen) atoms. The molecule has 0 saturated carbocycles. The molecule has 0 atom stereocenters. The molecule has 0 radical (unpaired) electrons. The molecule has 1 rings (SSSR count). The highest BCUT2D eigenvalue weighted by Gasteiger charge is 2.14. The first-order valence-electron chi connectivity index (χ1n) is 6.15. The Morgan fingerprint density at radius 3 is 2.67 bits per heavy atom. The quantitative estimate of drug-likeness (QED) is 0.644. The maximum atomic E-state index is 11.6. The van der Waals surface area contributed by atoms with E-state index >= 15 is 0 Å². The molecule has 0 aliphatic rings. The maximum absolute atomic E-state index is 11.6. The van der Waals surface area contributed by atoms with E-state index in [0.29, 0.717) is 17.2 Å². The molecular weight excluding hydrogens is 228 g/mol. The predicted molar refractivity (Wildman–Crippen MR) is 74.9 cm³/mol. The highest BCUT2D eigenvalue weighted by atomic mass is 16.5. The molecule has 1 aromatic carbocycles. The molecular formula is C14H22N2O2. The van der Waals surface area contributed by atoms with Crippen LogP contribution in [0.5, 0.6) is 0 Å². The molecule has 0 spiro atoms. The second-order valence-corrected chi connectivity index (χ2v) is 4.83. The molecule has 0 unspecified atom stereocenters. The normalized spacial score (nSPS) is 10.5. The fourth-order valence-electron chi connectivity index (χ4n) is 1.75. The minimum atomic E-state index is -0.397. The van der Waals surface area contributed by atoms with Crippen molar-refractivity contribution in [3.63, 3.8) is 0 Å². The van der Waals surface area contributed by atoms with Crippen LogP contribution in [0, 0.1) is 5.92 Å². The first kappa shape index (κ1) is 14.4. The number of hydrogen-bond acceptors (Lipinski definition) is 4. The zero-order valence-corrected chi connectivity index (χ0v) is 11.6. The zero-order chi connectivity index (χ0) is 13.7. The van der Waals surface area contributed by atoms with Gasteiger partial charge in [0.15, 0.2) is 0 Å². The molecule has 0 bridgehead atoms. The number of hydrogen-bond donors (Lipinski definition) is 1. The van der Waals surface area contributed by atoms with Gasteiger partial charge in [0.25, 0.3) is 0 Å². The zero-order valence-electron chi connectivity index (χ0n) is 11.6. The van der Waals surface area contributed by atoms with E-state index in [0.717, 1.165) is 18.7 Å². The number of ether oxygens (including phenoxy) is 1. The molecule has 100 valence electrons. The monoisotopic (exact) mass is 250 g/mol. The van der Waals surface area contributed by atoms with Crippen LogP contribution in [0.15, 0.2) is 18.2 Å². The molecule has 0 heterocycles. The molecule has 4 heteroatoms. The molecule has 0 amide bonds. The fraction of sp³-hybridized carbons (Fsp3) is 0.500. The summed E-state index contributed by atoms with van der Waals surface area (Å²) in [6.07, 6.45) is 1.08. The van der Waals surface area contributed by atoms with Gasteiger partial charge in [-0.3, -0.25) is 0 Å². The van der Waals surface area contributed by atoms with Crippen LogP contribution in [0.25, 0.3) is 0 Å². The van der Waals surface area contributed by atoms with E-state index in [1.807, 2.05) is 19.2 Å². The largest absolute Gasteiger partial charge is 0.465 e. The Kier molecular flexibility index (Phi) is 5.01. The minimum absolute atomic E-state index is 0.397. The third-order valence-corrected chi connectivity index (χ3v) is 2.94. The van der Waals surface area contributed by atoms with Gasteiger partial charge in [-0.05, 0) is 24.5 Å². The van der Waals surface area contributed by atoms with Gasteiger partial charge >= 0.3 is 5.97 Å². The number of nitrogens with two attached hydrogens (primary N) is 1. The molecule has 2 N–H and O–H groups in total. The van der Waals surface area contributed by atoms with Crippen molar-refractivity contribution < 1.29 is 9.53 Å². The van der Waals surface area contributed by atoms with Crippen LogP contribution in [0.1, 0.15) is 30.6 Å². The van der Waals surface area contributed by atoms with Crippen LogP contribution in [0.2, 0.25) is 0 Å². The number of nitrogens with zero attached hydrogens (tertiary/aromatic N) is 1. The van der Waals surface area contributed by atoms with Crippen LogP contribution < -0.4 is 10.6 Å². The summed E-state index contributed by atoms with van der Waals surface area (Å²) in [4.78, 5) is 13.6. The van der Waals surface area contributed by atoms with E-state index in [9.17, 15) is 4.79 Å². The number of rotatable bonds is 5. The standard InChI is InChI=1S/C14H22N2O2/c1-10(2)8-9-16(3)12-7-5-6-11(13(12)15)14(17)18-4/h5-7,10H,8-9,15H2,1-4H3. The van der Waals surface area contributed by atoms with E-state index < -0.39 is 5.97 Å². The van der Waals surface area contributed by atoms with Gasteiger partial charge in [-0.25, -0.2) is 4.79 Å². The van der Waals surface area contributed by atoms with Crippen molar-refractivity contribution in [1.82, 2.24) is 0 Å². The molecule has 0 aromatic heterocycles. The van der Waals surface area contributed by atoms with Gasteiger partial charge in [0, 0.05) is 13.6 Å². The third-order valence-electron chi connectivity index (χ3n) is 2.94. The highest BCUT2D eigenvalue weighted by Crippen LogP contribution is 2.26. The second-order valence-electron chi connectivity index (χ2n) is 4.83. The first-order chi connectivity index (χ1) is 8.47. The van der Waals surface area contributed by atoms with Crippen molar-refractivity contribution in [3.8, 4) is 0 Å². The summed E-state index contributed by atoms with van der Waals surface area (Å²) in [6.45, 7) is 5.27. The SMILES string of the molecule is COC(=O)c1cccc(N(C)CCC(C)C)c1N. The Morgan fingerprint density at radius 1 is 1.44 bits per heavy atom. The Hall–Kier alpha value is -1.71. The molecule has 0 fully saturated rings. The van der Waals surface area contributed by atoms with E-state index in [1.165, 1.54) is 7.11 Å². The minimum Gasteiger partial charge on any atom is -0.465 e. The molecule has 0 aliphatic carbocycles. The number of para-hydroxylation sites is 1. The summed E-state index contributed by atoms with van der Waals surface area (Å²) in [5.41, 5.74) is 7.80. The van der Waals surface area contributed by atoms with E-state index in [2.05, 4.69) is 18.7 Å².